The topological polar surface area (TPSA) is 9.23 Å². The molecule has 0 bridgehead atoms. The minimum absolute atomic E-state index is 0.969. The molecule has 0 radical (unpaired) electrons. The first-order valence-electron chi connectivity index (χ1n) is 4.77. The van der Waals surface area contributed by atoms with Crippen LogP contribution in [-0.4, -0.2) is 0 Å². The highest BCUT2D eigenvalue weighted by molar-refractivity contribution is 5.67. The third-order valence-corrected chi connectivity index (χ3v) is 2.60. The van der Waals surface area contributed by atoms with Crippen molar-refractivity contribution in [3.05, 3.63) is 58.7 Å². The monoisotopic (exact) mass is 182 g/mol. The third-order valence-electron chi connectivity index (χ3n) is 2.60. The Kier molecular flexibility index (Phi) is 1.57. The molecule has 0 spiro atoms. The van der Waals surface area contributed by atoms with Gasteiger partial charge in [0.05, 0.1) is 6.26 Å². The van der Waals surface area contributed by atoms with Crippen LogP contribution in [0.1, 0.15) is 6.42 Å². The molecule has 0 atom stereocenters. The Morgan fingerprint density at radius 2 is 2.07 bits per heavy atom. The summed E-state index contributed by atoms with van der Waals surface area (Å²) >= 11 is 0. The van der Waals surface area contributed by atoms with Crippen molar-refractivity contribution in [2.45, 2.75) is 6.42 Å². The molecule has 0 amide bonds. The molecule has 0 saturated carbocycles. The molecule has 1 aromatic rings. The normalized spacial score (nSPS) is 17.4. The van der Waals surface area contributed by atoms with Gasteiger partial charge in [0.2, 0.25) is 0 Å². The molecule has 2 aliphatic rings. The molecule has 0 unspecified atom stereocenters. The molecule has 0 N–H and O–H groups in total. The van der Waals surface area contributed by atoms with Gasteiger partial charge in [-0.1, -0.05) is 36.4 Å². The Labute approximate surface area is 82.3 Å². The van der Waals surface area contributed by atoms with E-state index in [0.29, 0.717) is 0 Å². The minimum atomic E-state index is 0.969. The van der Waals surface area contributed by atoms with Gasteiger partial charge in [-0.05, 0) is 17.7 Å². The van der Waals surface area contributed by atoms with Crippen molar-refractivity contribution in [2.24, 2.45) is 0 Å². The van der Waals surface area contributed by atoms with E-state index in [9.17, 15) is 0 Å². The van der Waals surface area contributed by atoms with Gasteiger partial charge in [-0.2, -0.15) is 0 Å². The number of hydrogen-bond donors (Lipinski definition) is 0. The summed E-state index contributed by atoms with van der Waals surface area (Å²) in [6.07, 6.45) is 9.01. The molecule has 1 heteroatoms. The smallest absolute Gasteiger partial charge is 0.130 e. The van der Waals surface area contributed by atoms with Crippen LogP contribution in [-0.2, 0) is 4.74 Å². The summed E-state index contributed by atoms with van der Waals surface area (Å²) in [5, 5.41) is 2.48. The van der Waals surface area contributed by atoms with Gasteiger partial charge in [0, 0.05) is 10.8 Å². The standard InChI is InChI=1S/C13H10O/c1-2-6-11-10(5-1)9-14-13-8-4-3-7-12(11)13/h1-6,8-9H,7H2. The van der Waals surface area contributed by atoms with E-state index >= 15 is 0 Å². The van der Waals surface area contributed by atoms with E-state index in [1.807, 2.05) is 24.5 Å². The van der Waals surface area contributed by atoms with Crippen molar-refractivity contribution < 1.29 is 4.74 Å². The molecule has 1 aliphatic heterocycles. The van der Waals surface area contributed by atoms with Crippen LogP contribution < -0.4 is 10.4 Å². The average Bonchev–Trinajstić information content (AvgIpc) is 2.29. The summed E-state index contributed by atoms with van der Waals surface area (Å²) in [5.41, 5.74) is 1.30. The Morgan fingerprint density at radius 1 is 1.14 bits per heavy atom. The largest absolute Gasteiger partial charge is 0.464 e. The molecule has 0 aromatic heterocycles. The van der Waals surface area contributed by atoms with E-state index in [0.717, 1.165) is 12.2 Å². The van der Waals surface area contributed by atoms with Gasteiger partial charge >= 0.3 is 0 Å². The molecule has 1 nitrogen and oxygen atoms in total. The molecule has 1 aromatic carbocycles. The number of allylic oxidation sites excluding steroid dienone is 4. The summed E-state index contributed by atoms with van der Waals surface area (Å²) in [7, 11) is 0. The van der Waals surface area contributed by atoms with Gasteiger partial charge in [-0.25, -0.2) is 0 Å². The molecule has 1 aliphatic carbocycles. The van der Waals surface area contributed by atoms with Crippen LogP contribution in [0.15, 0.2) is 48.3 Å². The number of rotatable bonds is 0. The minimum Gasteiger partial charge on any atom is -0.464 e. The summed E-state index contributed by atoms with van der Waals surface area (Å²) in [6, 6.07) is 8.34. The van der Waals surface area contributed by atoms with Crippen molar-refractivity contribution in [3.8, 4) is 0 Å². The fourth-order valence-electron chi connectivity index (χ4n) is 1.90. The molecule has 0 fully saturated rings. The quantitative estimate of drug-likeness (QED) is 0.590. The van der Waals surface area contributed by atoms with Gasteiger partial charge in [0.15, 0.2) is 0 Å². The summed E-state index contributed by atoms with van der Waals surface area (Å²) in [5.74, 6) is 0.992. The first-order chi connectivity index (χ1) is 6.95. The highest BCUT2D eigenvalue weighted by atomic mass is 16.5. The van der Waals surface area contributed by atoms with Crippen molar-refractivity contribution >= 4 is 11.8 Å². The number of fused-ring (bicyclic) bond motifs is 2. The molecular weight excluding hydrogens is 172 g/mol. The molecule has 0 saturated heterocycles. The second-order valence-corrected chi connectivity index (χ2v) is 3.46. The second-order valence-electron chi connectivity index (χ2n) is 3.46. The average molecular weight is 182 g/mol. The molecule has 1 heterocycles. The lowest BCUT2D eigenvalue weighted by atomic mass is 10.0. The van der Waals surface area contributed by atoms with Crippen LogP contribution in [0.3, 0.4) is 0 Å². The van der Waals surface area contributed by atoms with E-state index in [1.165, 1.54) is 16.0 Å². The van der Waals surface area contributed by atoms with Crippen molar-refractivity contribution in [1.29, 1.82) is 0 Å². The molecular formula is C13H10O. The van der Waals surface area contributed by atoms with Gasteiger partial charge in [-0.15, -0.1) is 0 Å². The predicted molar refractivity (Wildman–Crippen MR) is 56.5 cm³/mol. The second kappa shape index (κ2) is 2.88. The van der Waals surface area contributed by atoms with Crippen LogP contribution in [0.5, 0.6) is 0 Å². The molecule has 3 rings (SSSR count). The van der Waals surface area contributed by atoms with E-state index in [2.05, 4.69) is 24.3 Å². The maximum Gasteiger partial charge on any atom is 0.130 e. The fraction of sp³-hybridized carbons (Fsp3) is 0.0769. The lowest BCUT2D eigenvalue weighted by molar-refractivity contribution is 0.419. The lowest BCUT2D eigenvalue weighted by Gasteiger charge is -2.16. The Hall–Kier alpha value is -1.76. The number of benzene rings is 1. The first-order valence-corrected chi connectivity index (χ1v) is 4.77. The van der Waals surface area contributed by atoms with Crippen molar-refractivity contribution in [2.75, 3.05) is 0 Å². The Morgan fingerprint density at radius 3 is 3.07 bits per heavy atom. The van der Waals surface area contributed by atoms with Gasteiger partial charge < -0.3 is 4.74 Å². The predicted octanol–water partition coefficient (Wildman–Crippen LogP) is 1.45. The zero-order valence-electron chi connectivity index (χ0n) is 7.73. The Bertz CT molecular complexity index is 547. The maximum atomic E-state index is 5.56. The van der Waals surface area contributed by atoms with E-state index in [4.69, 9.17) is 4.74 Å². The SMILES string of the molecule is C1=CCC2=c3ccccc3=COC2=C1. The van der Waals surface area contributed by atoms with Crippen LogP contribution in [0.25, 0.3) is 11.8 Å². The zero-order valence-corrected chi connectivity index (χ0v) is 7.73. The number of ether oxygens (including phenoxy) is 1. The molecule has 14 heavy (non-hydrogen) atoms. The van der Waals surface area contributed by atoms with Gasteiger partial charge in [0.1, 0.15) is 5.76 Å². The van der Waals surface area contributed by atoms with Gasteiger partial charge in [0.25, 0.3) is 0 Å². The third kappa shape index (κ3) is 1.02. The zero-order chi connectivity index (χ0) is 9.38. The van der Waals surface area contributed by atoms with Crippen LogP contribution in [0.4, 0.5) is 0 Å². The summed E-state index contributed by atoms with van der Waals surface area (Å²) in [6.45, 7) is 0. The van der Waals surface area contributed by atoms with Crippen LogP contribution in [0.2, 0.25) is 0 Å². The Balaban J connectivity index is 2.41. The molecule has 68 valence electrons. The maximum absolute atomic E-state index is 5.56. The lowest BCUT2D eigenvalue weighted by Crippen LogP contribution is -2.30. The highest BCUT2D eigenvalue weighted by Gasteiger charge is 2.11. The number of hydrogen-bond acceptors (Lipinski definition) is 1. The fourth-order valence-corrected chi connectivity index (χ4v) is 1.90. The highest BCUT2D eigenvalue weighted by Crippen LogP contribution is 2.21. The van der Waals surface area contributed by atoms with E-state index in [-0.39, 0.29) is 0 Å². The van der Waals surface area contributed by atoms with Crippen molar-refractivity contribution in [1.82, 2.24) is 0 Å². The first kappa shape index (κ1) is 7.63. The van der Waals surface area contributed by atoms with Crippen LogP contribution in [0, 0.1) is 0 Å². The van der Waals surface area contributed by atoms with E-state index < -0.39 is 0 Å². The van der Waals surface area contributed by atoms with Crippen LogP contribution >= 0.6 is 0 Å². The van der Waals surface area contributed by atoms with Crippen molar-refractivity contribution in [3.63, 3.8) is 0 Å². The summed E-state index contributed by atoms with van der Waals surface area (Å²) < 4.78 is 5.56. The van der Waals surface area contributed by atoms with Gasteiger partial charge in [-0.3, -0.25) is 0 Å². The summed E-state index contributed by atoms with van der Waals surface area (Å²) in [4.78, 5) is 0. The van der Waals surface area contributed by atoms with E-state index in [1.54, 1.807) is 0 Å².